The summed E-state index contributed by atoms with van der Waals surface area (Å²) in [6.45, 7) is 2.58. The van der Waals surface area contributed by atoms with Crippen LogP contribution in [0, 0.1) is 0 Å². The second-order valence-corrected chi connectivity index (χ2v) is 5.32. The van der Waals surface area contributed by atoms with E-state index >= 15 is 0 Å². The molecule has 118 valence electrons. The molecule has 0 saturated heterocycles. The second-order valence-electron chi connectivity index (χ2n) is 4.91. The quantitative estimate of drug-likeness (QED) is 0.578. The van der Waals surface area contributed by atoms with E-state index in [-0.39, 0.29) is 5.91 Å². The third-order valence-electron chi connectivity index (χ3n) is 3.11. The highest BCUT2D eigenvalue weighted by Gasteiger charge is 2.03. The van der Waals surface area contributed by atoms with Crippen LogP contribution in [-0.4, -0.2) is 5.91 Å². The van der Waals surface area contributed by atoms with Crippen molar-refractivity contribution < 1.29 is 4.79 Å². The molecule has 1 amide bonds. The number of halogens is 1. The molecule has 0 atom stereocenters. The number of anilines is 2. The topological polar surface area (TPSA) is 41.1 Å². The molecule has 2 N–H and O–H groups in total. The smallest absolute Gasteiger partial charge is 0.248 e. The predicted octanol–water partition coefficient (Wildman–Crippen LogP) is 5.02. The molecule has 3 nitrogen and oxygen atoms in total. The number of nitrogens with one attached hydrogen (secondary N) is 2. The van der Waals surface area contributed by atoms with Crippen LogP contribution >= 0.6 is 11.6 Å². The standard InChI is InChI=1S/C19H19ClN2O/c1-2-3-5-10-19(23)22-16-11-12-18(17(20)13-16)21-14-15-8-6-4-7-9-15/h2-13,21H,14H2,1H3,(H,22,23)/b3-2+,10-5+. The lowest BCUT2D eigenvalue weighted by atomic mass is 10.2. The van der Waals surface area contributed by atoms with Crippen LogP contribution < -0.4 is 10.6 Å². The Hall–Kier alpha value is -2.52. The van der Waals surface area contributed by atoms with E-state index in [2.05, 4.69) is 10.6 Å². The molecular weight excluding hydrogens is 308 g/mol. The summed E-state index contributed by atoms with van der Waals surface area (Å²) in [4.78, 5) is 11.7. The first-order valence-corrected chi connectivity index (χ1v) is 7.74. The van der Waals surface area contributed by atoms with Gasteiger partial charge < -0.3 is 10.6 Å². The number of amides is 1. The first-order valence-electron chi connectivity index (χ1n) is 7.36. The monoisotopic (exact) mass is 326 g/mol. The minimum atomic E-state index is -0.191. The molecule has 0 heterocycles. The Morgan fingerprint density at radius 3 is 2.61 bits per heavy atom. The van der Waals surface area contributed by atoms with Crippen molar-refractivity contribution in [3.8, 4) is 0 Å². The summed E-state index contributed by atoms with van der Waals surface area (Å²) in [5.41, 5.74) is 2.67. The summed E-state index contributed by atoms with van der Waals surface area (Å²) in [6, 6.07) is 15.5. The Balaban J connectivity index is 1.96. The average Bonchev–Trinajstić information content (AvgIpc) is 2.55. The molecule has 0 spiro atoms. The van der Waals surface area contributed by atoms with E-state index in [0.717, 1.165) is 5.69 Å². The van der Waals surface area contributed by atoms with Crippen LogP contribution in [0.2, 0.25) is 5.02 Å². The van der Waals surface area contributed by atoms with E-state index in [9.17, 15) is 4.79 Å². The molecule has 0 saturated carbocycles. The van der Waals surface area contributed by atoms with E-state index in [4.69, 9.17) is 11.6 Å². The molecule has 0 unspecified atom stereocenters. The van der Waals surface area contributed by atoms with Crippen molar-refractivity contribution in [2.45, 2.75) is 13.5 Å². The molecule has 2 aromatic carbocycles. The van der Waals surface area contributed by atoms with Crippen molar-refractivity contribution in [1.29, 1.82) is 0 Å². The van der Waals surface area contributed by atoms with Crippen molar-refractivity contribution in [3.63, 3.8) is 0 Å². The minimum Gasteiger partial charge on any atom is -0.380 e. The molecule has 4 heteroatoms. The molecule has 0 aliphatic carbocycles. The van der Waals surface area contributed by atoms with Crippen LogP contribution in [0.4, 0.5) is 11.4 Å². The van der Waals surface area contributed by atoms with Gasteiger partial charge in [-0.1, -0.05) is 60.2 Å². The first kappa shape index (κ1) is 16.8. The lowest BCUT2D eigenvalue weighted by Crippen LogP contribution is -2.08. The van der Waals surface area contributed by atoms with Crippen LogP contribution in [0.15, 0.2) is 72.8 Å². The lowest BCUT2D eigenvalue weighted by molar-refractivity contribution is -0.111. The zero-order valence-electron chi connectivity index (χ0n) is 12.9. The van der Waals surface area contributed by atoms with Gasteiger partial charge in [-0.05, 0) is 30.7 Å². The lowest BCUT2D eigenvalue weighted by Gasteiger charge is -2.10. The van der Waals surface area contributed by atoms with E-state index in [0.29, 0.717) is 17.3 Å². The maximum Gasteiger partial charge on any atom is 0.248 e. The van der Waals surface area contributed by atoms with Gasteiger partial charge in [-0.3, -0.25) is 4.79 Å². The van der Waals surface area contributed by atoms with Crippen LogP contribution in [0.5, 0.6) is 0 Å². The van der Waals surface area contributed by atoms with Gasteiger partial charge in [0, 0.05) is 18.3 Å². The normalized spacial score (nSPS) is 11.0. The highest BCUT2D eigenvalue weighted by atomic mass is 35.5. The van der Waals surface area contributed by atoms with Gasteiger partial charge in [0.2, 0.25) is 5.91 Å². The van der Waals surface area contributed by atoms with Crippen LogP contribution in [0.25, 0.3) is 0 Å². The van der Waals surface area contributed by atoms with Crippen molar-refractivity contribution in [2.24, 2.45) is 0 Å². The fourth-order valence-electron chi connectivity index (χ4n) is 1.97. The average molecular weight is 327 g/mol. The van der Waals surface area contributed by atoms with Gasteiger partial charge in [0.15, 0.2) is 0 Å². The molecule has 0 aromatic heterocycles. The number of allylic oxidation sites excluding steroid dienone is 3. The maximum absolute atomic E-state index is 11.7. The highest BCUT2D eigenvalue weighted by Crippen LogP contribution is 2.26. The van der Waals surface area contributed by atoms with Crippen LogP contribution in [0.1, 0.15) is 12.5 Å². The Labute approximate surface area is 141 Å². The van der Waals surface area contributed by atoms with E-state index in [1.165, 1.54) is 11.6 Å². The number of carbonyl (C=O) groups excluding carboxylic acids is 1. The van der Waals surface area contributed by atoms with Gasteiger partial charge in [0.25, 0.3) is 0 Å². The van der Waals surface area contributed by atoms with E-state index < -0.39 is 0 Å². The number of hydrogen-bond donors (Lipinski definition) is 2. The third-order valence-corrected chi connectivity index (χ3v) is 3.43. The number of carbonyl (C=O) groups is 1. The van der Waals surface area contributed by atoms with Crippen LogP contribution in [0.3, 0.4) is 0 Å². The van der Waals surface area contributed by atoms with Gasteiger partial charge in [0.1, 0.15) is 0 Å². The van der Waals surface area contributed by atoms with Crippen molar-refractivity contribution in [1.82, 2.24) is 0 Å². The Morgan fingerprint density at radius 1 is 1.13 bits per heavy atom. The summed E-state index contributed by atoms with van der Waals surface area (Å²) in [5.74, 6) is -0.191. The SMILES string of the molecule is C/C=C/C=C/C(=O)Nc1ccc(NCc2ccccc2)c(Cl)c1. The summed E-state index contributed by atoms with van der Waals surface area (Å²) in [5, 5.41) is 6.62. The zero-order chi connectivity index (χ0) is 16.5. The fraction of sp³-hybridized carbons (Fsp3) is 0.105. The molecule has 0 bridgehead atoms. The van der Waals surface area contributed by atoms with Gasteiger partial charge in [0.05, 0.1) is 10.7 Å². The van der Waals surface area contributed by atoms with Crippen molar-refractivity contribution >= 4 is 28.9 Å². The number of benzene rings is 2. The largest absolute Gasteiger partial charge is 0.380 e. The summed E-state index contributed by atoms with van der Waals surface area (Å²) in [7, 11) is 0. The molecule has 23 heavy (non-hydrogen) atoms. The van der Waals surface area contributed by atoms with E-state index in [1.54, 1.807) is 18.2 Å². The number of rotatable bonds is 6. The summed E-state index contributed by atoms with van der Waals surface area (Å²) in [6.07, 6.45) is 6.80. The zero-order valence-corrected chi connectivity index (χ0v) is 13.7. The van der Waals surface area contributed by atoms with E-state index in [1.807, 2.05) is 55.5 Å². The Kier molecular flexibility index (Phi) is 6.45. The minimum absolute atomic E-state index is 0.191. The van der Waals surface area contributed by atoms with Crippen molar-refractivity contribution in [2.75, 3.05) is 10.6 Å². The molecular formula is C19H19ClN2O. The first-order chi connectivity index (χ1) is 11.2. The van der Waals surface area contributed by atoms with Gasteiger partial charge in [-0.15, -0.1) is 0 Å². The molecule has 0 aliphatic rings. The Bertz CT molecular complexity index is 709. The second kappa shape index (κ2) is 8.81. The van der Waals surface area contributed by atoms with Gasteiger partial charge >= 0.3 is 0 Å². The number of hydrogen-bond acceptors (Lipinski definition) is 2. The third kappa shape index (κ3) is 5.64. The van der Waals surface area contributed by atoms with Crippen LogP contribution in [-0.2, 0) is 11.3 Å². The molecule has 2 rings (SSSR count). The summed E-state index contributed by atoms with van der Waals surface area (Å²) < 4.78 is 0. The fourth-order valence-corrected chi connectivity index (χ4v) is 2.21. The molecule has 0 radical (unpaired) electrons. The highest BCUT2D eigenvalue weighted by molar-refractivity contribution is 6.33. The molecule has 2 aromatic rings. The van der Waals surface area contributed by atoms with Crippen molar-refractivity contribution in [3.05, 3.63) is 83.4 Å². The van der Waals surface area contributed by atoms with Gasteiger partial charge in [-0.25, -0.2) is 0 Å². The molecule has 0 aliphatic heterocycles. The van der Waals surface area contributed by atoms with Gasteiger partial charge in [-0.2, -0.15) is 0 Å². The predicted molar refractivity (Wildman–Crippen MR) is 97.8 cm³/mol. The molecule has 0 fully saturated rings. The summed E-state index contributed by atoms with van der Waals surface area (Å²) >= 11 is 6.26. The maximum atomic E-state index is 11.7. The Morgan fingerprint density at radius 2 is 1.91 bits per heavy atom.